The minimum atomic E-state index is -4.45. The van der Waals surface area contributed by atoms with Gasteiger partial charge in [-0.2, -0.15) is 16.8 Å². The van der Waals surface area contributed by atoms with E-state index < -0.39 is 31.9 Å². The van der Waals surface area contributed by atoms with Gasteiger partial charge in [0.2, 0.25) is 0 Å². The lowest BCUT2D eigenvalue weighted by Gasteiger charge is -1.98. The van der Waals surface area contributed by atoms with Crippen LogP contribution in [0.4, 0.5) is 0 Å². The molecule has 0 spiro atoms. The van der Waals surface area contributed by atoms with Crippen LogP contribution in [0.25, 0.3) is 0 Å². The van der Waals surface area contributed by atoms with Gasteiger partial charge in [-0.05, 0) is 0 Å². The van der Waals surface area contributed by atoms with Crippen LogP contribution in [0.3, 0.4) is 0 Å². The molecule has 12 heavy (non-hydrogen) atoms. The SMILES string of the molecule is C#CCS(=O)(=O)OCS(=O)(=O)O. The minimum absolute atomic E-state index is 0.734. The highest BCUT2D eigenvalue weighted by Crippen LogP contribution is 1.94. The van der Waals surface area contributed by atoms with Crippen molar-refractivity contribution in [2.24, 2.45) is 0 Å². The Kier molecular flexibility index (Phi) is 3.66. The number of hydrogen-bond donors (Lipinski definition) is 1. The predicted octanol–water partition coefficient (Wildman–Crippen LogP) is -1.19. The quantitative estimate of drug-likeness (QED) is 0.359. The molecule has 0 aliphatic carbocycles. The van der Waals surface area contributed by atoms with Gasteiger partial charge in [-0.15, -0.1) is 6.42 Å². The molecule has 0 saturated heterocycles. The van der Waals surface area contributed by atoms with Gasteiger partial charge in [0.1, 0.15) is 5.75 Å². The van der Waals surface area contributed by atoms with Crippen LogP contribution in [-0.2, 0) is 24.4 Å². The van der Waals surface area contributed by atoms with Crippen LogP contribution in [0, 0.1) is 12.3 Å². The van der Waals surface area contributed by atoms with Gasteiger partial charge < -0.3 is 0 Å². The smallest absolute Gasteiger partial charge is 0.284 e. The van der Waals surface area contributed by atoms with Gasteiger partial charge in [0.15, 0.2) is 5.94 Å². The van der Waals surface area contributed by atoms with E-state index >= 15 is 0 Å². The molecule has 0 fully saturated rings. The molecule has 0 aromatic rings. The molecule has 0 aromatic heterocycles. The van der Waals surface area contributed by atoms with Gasteiger partial charge in [-0.25, -0.2) is 0 Å². The molecule has 8 heteroatoms. The number of terminal acetylenes is 1. The normalized spacial score (nSPS) is 12.3. The zero-order chi connectivity index (χ0) is 9.83. The van der Waals surface area contributed by atoms with E-state index in [0.29, 0.717) is 0 Å². The van der Waals surface area contributed by atoms with Gasteiger partial charge >= 0.3 is 0 Å². The Bertz CT molecular complexity index is 368. The molecule has 0 amide bonds. The summed E-state index contributed by atoms with van der Waals surface area (Å²) < 4.78 is 53.0. The van der Waals surface area contributed by atoms with E-state index in [0.717, 1.165) is 0 Å². The first-order valence-electron chi connectivity index (χ1n) is 2.52. The van der Waals surface area contributed by atoms with E-state index in [1.807, 2.05) is 0 Å². The van der Waals surface area contributed by atoms with Crippen molar-refractivity contribution < 1.29 is 25.6 Å². The van der Waals surface area contributed by atoms with Crippen molar-refractivity contribution >= 4 is 20.2 Å². The average molecular weight is 214 g/mol. The van der Waals surface area contributed by atoms with Crippen LogP contribution in [0.15, 0.2) is 0 Å². The van der Waals surface area contributed by atoms with E-state index in [2.05, 4.69) is 10.6 Å². The number of rotatable bonds is 4. The van der Waals surface area contributed by atoms with Crippen LogP contribution in [0.1, 0.15) is 0 Å². The standard InChI is InChI=1S/C4H6O6S2/c1-2-3-12(8,9)10-4-11(5,6)7/h1H,3-4H2,(H,5,6,7). The first-order chi connectivity index (χ1) is 5.27. The number of hydrogen-bond acceptors (Lipinski definition) is 5. The van der Waals surface area contributed by atoms with E-state index in [1.165, 1.54) is 0 Å². The molecule has 0 rings (SSSR count). The molecule has 1 N–H and O–H groups in total. The van der Waals surface area contributed by atoms with Crippen LogP contribution < -0.4 is 0 Å². The lowest BCUT2D eigenvalue weighted by molar-refractivity contribution is 0.350. The summed E-state index contributed by atoms with van der Waals surface area (Å²) in [6.07, 6.45) is 4.63. The zero-order valence-electron chi connectivity index (χ0n) is 5.80. The largest absolute Gasteiger partial charge is 0.290 e. The molecule has 0 radical (unpaired) electrons. The topological polar surface area (TPSA) is 97.7 Å². The molecule has 0 atom stereocenters. The van der Waals surface area contributed by atoms with Crippen LogP contribution in [0.5, 0.6) is 0 Å². The summed E-state index contributed by atoms with van der Waals surface area (Å²) >= 11 is 0. The van der Waals surface area contributed by atoms with Crippen molar-refractivity contribution in [3.8, 4) is 12.3 Å². The van der Waals surface area contributed by atoms with E-state index in [-0.39, 0.29) is 0 Å². The molecule has 0 unspecified atom stereocenters. The summed E-state index contributed by atoms with van der Waals surface area (Å²) in [5, 5.41) is 0. The molecule has 0 aliphatic heterocycles. The molecular formula is C4H6O6S2. The van der Waals surface area contributed by atoms with Gasteiger partial charge in [-0.3, -0.25) is 8.74 Å². The van der Waals surface area contributed by atoms with Crippen molar-refractivity contribution in [1.82, 2.24) is 0 Å². The highest BCUT2D eigenvalue weighted by Gasteiger charge is 2.14. The van der Waals surface area contributed by atoms with Crippen molar-refractivity contribution in [2.75, 3.05) is 11.7 Å². The second-order valence-electron chi connectivity index (χ2n) is 1.72. The Morgan fingerprint density at radius 3 is 2.17 bits per heavy atom. The highest BCUT2D eigenvalue weighted by molar-refractivity contribution is 7.89. The first-order valence-corrected chi connectivity index (χ1v) is 5.71. The summed E-state index contributed by atoms with van der Waals surface area (Å²) in [4.78, 5) is 0. The molecule has 70 valence electrons. The van der Waals surface area contributed by atoms with Crippen molar-refractivity contribution in [1.29, 1.82) is 0 Å². The fraction of sp³-hybridized carbons (Fsp3) is 0.500. The molecule has 0 aromatic carbocycles. The second kappa shape index (κ2) is 3.86. The Labute approximate surface area is 70.4 Å². The summed E-state index contributed by atoms with van der Waals surface area (Å²) in [5.41, 5.74) is 0. The van der Waals surface area contributed by atoms with Crippen molar-refractivity contribution in [2.45, 2.75) is 0 Å². The van der Waals surface area contributed by atoms with Crippen LogP contribution in [-0.4, -0.2) is 33.1 Å². The Balaban J connectivity index is 4.24. The highest BCUT2D eigenvalue weighted by atomic mass is 32.2. The fourth-order valence-corrected chi connectivity index (χ4v) is 1.64. The summed E-state index contributed by atoms with van der Waals surface area (Å²) in [6.45, 7) is 0. The Hall–Kier alpha value is -0.620. The molecule has 6 nitrogen and oxygen atoms in total. The maximum atomic E-state index is 10.5. The molecule has 0 heterocycles. The van der Waals surface area contributed by atoms with Gasteiger partial charge in [0.05, 0.1) is 0 Å². The maximum absolute atomic E-state index is 10.5. The van der Waals surface area contributed by atoms with Gasteiger partial charge in [0.25, 0.3) is 20.2 Å². The van der Waals surface area contributed by atoms with E-state index in [1.54, 1.807) is 5.92 Å². The second-order valence-corrected chi connectivity index (χ2v) is 4.76. The Morgan fingerprint density at radius 2 is 1.83 bits per heavy atom. The van der Waals surface area contributed by atoms with Gasteiger partial charge in [-0.1, -0.05) is 5.92 Å². The molecule has 0 bridgehead atoms. The first kappa shape index (κ1) is 11.4. The van der Waals surface area contributed by atoms with E-state index in [4.69, 9.17) is 4.55 Å². The van der Waals surface area contributed by atoms with Gasteiger partial charge in [0, 0.05) is 0 Å². The maximum Gasteiger partial charge on any atom is 0.290 e. The van der Waals surface area contributed by atoms with E-state index in [9.17, 15) is 16.8 Å². The predicted molar refractivity (Wildman–Crippen MR) is 40.1 cm³/mol. The van der Waals surface area contributed by atoms with Crippen molar-refractivity contribution in [3.63, 3.8) is 0 Å². The molecule has 0 saturated carbocycles. The van der Waals surface area contributed by atoms with Crippen molar-refractivity contribution in [3.05, 3.63) is 0 Å². The Morgan fingerprint density at radius 1 is 1.33 bits per heavy atom. The lowest BCUT2D eigenvalue weighted by atomic mass is 10.8. The van der Waals surface area contributed by atoms with Crippen LogP contribution >= 0.6 is 0 Å². The third-order valence-corrected chi connectivity index (χ3v) is 2.20. The fourth-order valence-electron chi connectivity index (χ4n) is 0.278. The van der Waals surface area contributed by atoms with Crippen LogP contribution in [0.2, 0.25) is 0 Å². The molecule has 0 aliphatic rings. The summed E-state index contributed by atoms with van der Waals surface area (Å²) in [6, 6.07) is 0. The third kappa shape index (κ3) is 6.11. The lowest BCUT2D eigenvalue weighted by Crippen LogP contribution is -2.15. The third-order valence-electron chi connectivity index (χ3n) is 0.637. The summed E-state index contributed by atoms with van der Waals surface area (Å²) in [5.74, 6) is -0.287. The molecular weight excluding hydrogens is 208 g/mol. The summed E-state index contributed by atoms with van der Waals surface area (Å²) in [7, 11) is -8.49. The monoisotopic (exact) mass is 214 g/mol. The zero-order valence-corrected chi connectivity index (χ0v) is 7.43. The minimum Gasteiger partial charge on any atom is -0.284 e. The average Bonchev–Trinajstić information content (AvgIpc) is 1.83.